The molecule has 0 aromatic carbocycles. The van der Waals surface area contributed by atoms with Crippen LogP contribution in [0, 0.1) is 12.8 Å². The van der Waals surface area contributed by atoms with Crippen LogP contribution >= 0.6 is 0 Å². The van der Waals surface area contributed by atoms with Crippen LogP contribution in [0.4, 0.5) is 0 Å². The summed E-state index contributed by atoms with van der Waals surface area (Å²) in [4.78, 5) is 2.43. The zero-order chi connectivity index (χ0) is 13.5. The first-order valence-corrected chi connectivity index (χ1v) is 6.99. The van der Waals surface area contributed by atoms with Crippen molar-refractivity contribution in [3.63, 3.8) is 0 Å². The molecule has 1 aromatic rings. The molecule has 6 heteroatoms. The maximum absolute atomic E-state index is 5.03. The minimum Gasteiger partial charge on any atom is -0.383 e. The molecule has 0 saturated carbocycles. The maximum Gasteiger partial charge on any atom is 0.122 e. The molecule has 2 rings (SSSR count). The third-order valence-electron chi connectivity index (χ3n) is 3.74. The third-order valence-corrected chi connectivity index (χ3v) is 3.74. The van der Waals surface area contributed by atoms with Crippen molar-refractivity contribution in [3.8, 4) is 0 Å². The molecule has 1 N–H and O–H groups in total. The Morgan fingerprint density at radius 3 is 2.79 bits per heavy atom. The van der Waals surface area contributed by atoms with E-state index in [1.54, 1.807) is 7.11 Å². The fourth-order valence-corrected chi connectivity index (χ4v) is 2.43. The fraction of sp³-hybridized carbons (Fsp3) is 0.846. The second-order valence-electron chi connectivity index (χ2n) is 5.21. The first-order chi connectivity index (χ1) is 9.29. The molecule has 1 aliphatic rings. The lowest BCUT2D eigenvalue weighted by Crippen LogP contribution is -2.37. The highest BCUT2D eigenvalue weighted by molar-refractivity contribution is 5.04. The highest BCUT2D eigenvalue weighted by Crippen LogP contribution is 2.18. The normalized spacial score (nSPS) is 18.0. The zero-order valence-corrected chi connectivity index (χ0v) is 11.9. The summed E-state index contributed by atoms with van der Waals surface area (Å²) >= 11 is 0. The highest BCUT2D eigenvalue weighted by Gasteiger charge is 2.20. The number of likely N-dealkylation sites (tertiary alicyclic amines) is 1. The van der Waals surface area contributed by atoms with Gasteiger partial charge in [-0.05, 0) is 45.3 Å². The average Bonchev–Trinajstić information content (AvgIpc) is 2.82. The van der Waals surface area contributed by atoms with Crippen LogP contribution in [-0.4, -0.2) is 55.1 Å². The van der Waals surface area contributed by atoms with Crippen molar-refractivity contribution in [1.29, 1.82) is 0 Å². The second kappa shape index (κ2) is 7.57. The summed E-state index contributed by atoms with van der Waals surface area (Å²) in [5, 5.41) is 11.2. The smallest absolute Gasteiger partial charge is 0.122 e. The average molecular weight is 268 g/mol. The Hall–Kier alpha value is -0.980. The predicted molar refractivity (Wildman–Crippen MR) is 71.8 cm³/mol. The number of ether oxygens (including phenoxy) is 1. The predicted octanol–water partition coefficient (Wildman–Crippen LogP) is 0.826. The minimum absolute atomic E-state index is 0.782. The van der Waals surface area contributed by atoms with Gasteiger partial charge in [0.25, 0.3) is 0 Å². The molecule has 0 aliphatic carbocycles. The molecular weight excluding hydrogens is 244 g/mol. The van der Waals surface area contributed by atoms with Gasteiger partial charge in [-0.2, -0.15) is 0 Å². The molecule has 6 nitrogen and oxygen atoms in total. The van der Waals surface area contributed by atoms with Gasteiger partial charge in [0.15, 0.2) is 0 Å². The summed E-state index contributed by atoms with van der Waals surface area (Å²) in [7, 11) is 1.74. The van der Waals surface area contributed by atoms with Gasteiger partial charge in [0.05, 0.1) is 6.61 Å². The Morgan fingerprint density at radius 2 is 2.16 bits per heavy atom. The van der Waals surface area contributed by atoms with Crippen molar-refractivity contribution in [1.82, 2.24) is 20.5 Å². The summed E-state index contributed by atoms with van der Waals surface area (Å²) in [6.07, 6.45) is 2.48. The van der Waals surface area contributed by atoms with Crippen molar-refractivity contribution in [3.05, 3.63) is 11.4 Å². The van der Waals surface area contributed by atoms with Crippen LogP contribution in [0.3, 0.4) is 0 Å². The molecule has 1 aliphatic heterocycles. The van der Waals surface area contributed by atoms with E-state index in [0.29, 0.717) is 0 Å². The Kier molecular flexibility index (Phi) is 5.75. The van der Waals surface area contributed by atoms with Crippen LogP contribution in [0.15, 0.2) is 4.63 Å². The lowest BCUT2D eigenvalue weighted by molar-refractivity contribution is 0.164. The molecule has 1 aromatic heterocycles. The van der Waals surface area contributed by atoms with Crippen LogP contribution in [0.25, 0.3) is 0 Å². The van der Waals surface area contributed by atoms with Crippen molar-refractivity contribution < 1.29 is 9.37 Å². The van der Waals surface area contributed by atoms with E-state index in [9.17, 15) is 0 Å². The Morgan fingerprint density at radius 1 is 1.37 bits per heavy atom. The molecule has 0 spiro atoms. The van der Waals surface area contributed by atoms with Gasteiger partial charge in [-0.15, -0.1) is 0 Å². The molecule has 1 fully saturated rings. The lowest BCUT2D eigenvalue weighted by atomic mass is 9.96. The second-order valence-corrected chi connectivity index (χ2v) is 5.21. The number of hydrogen-bond donors (Lipinski definition) is 1. The van der Waals surface area contributed by atoms with Crippen LogP contribution in [-0.2, 0) is 11.3 Å². The Labute approximate surface area is 114 Å². The van der Waals surface area contributed by atoms with Gasteiger partial charge in [0, 0.05) is 20.2 Å². The lowest BCUT2D eigenvalue weighted by Gasteiger charge is -2.31. The molecule has 2 heterocycles. The number of hydrogen-bond acceptors (Lipinski definition) is 6. The number of nitrogens with one attached hydrogen (secondary N) is 1. The van der Waals surface area contributed by atoms with E-state index in [0.717, 1.165) is 56.6 Å². The van der Waals surface area contributed by atoms with Gasteiger partial charge in [-0.1, -0.05) is 10.3 Å². The van der Waals surface area contributed by atoms with E-state index in [1.807, 2.05) is 6.92 Å². The van der Waals surface area contributed by atoms with Crippen LogP contribution in [0.2, 0.25) is 0 Å². The van der Waals surface area contributed by atoms with Crippen molar-refractivity contribution in [2.75, 3.05) is 39.9 Å². The van der Waals surface area contributed by atoms with Gasteiger partial charge in [0.2, 0.25) is 0 Å². The quantitative estimate of drug-likeness (QED) is 0.739. The standard InChI is InChI=1S/C13H24N4O2/c1-11-13(16-19-15-11)10-17-6-3-12(4-7-17)9-14-5-8-18-2/h12,14H,3-10H2,1-2H3. The maximum atomic E-state index is 5.03. The molecule has 1 saturated heterocycles. The zero-order valence-electron chi connectivity index (χ0n) is 11.9. The highest BCUT2D eigenvalue weighted by atomic mass is 16.6. The van der Waals surface area contributed by atoms with E-state index < -0.39 is 0 Å². The molecule has 0 atom stereocenters. The van der Waals surface area contributed by atoms with E-state index in [-0.39, 0.29) is 0 Å². The van der Waals surface area contributed by atoms with Gasteiger partial charge in [-0.3, -0.25) is 4.90 Å². The summed E-state index contributed by atoms with van der Waals surface area (Å²) in [6, 6.07) is 0. The number of aryl methyl sites for hydroxylation is 1. The van der Waals surface area contributed by atoms with Gasteiger partial charge in [-0.25, -0.2) is 4.63 Å². The van der Waals surface area contributed by atoms with Crippen LogP contribution in [0.1, 0.15) is 24.2 Å². The molecular formula is C13H24N4O2. The molecule has 0 unspecified atom stereocenters. The van der Waals surface area contributed by atoms with E-state index in [4.69, 9.17) is 9.37 Å². The summed E-state index contributed by atoms with van der Waals surface area (Å²) < 4.78 is 9.76. The van der Waals surface area contributed by atoms with Gasteiger partial charge in [0.1, 0.15) is 11.4 Å². The third kappa shape index (κ3) is 4.56. The fourth-order valence-electron chi connectivity index (χ4n) is 2.43. The number of rotatable bonds is 7. The molecule has 108 valence electrons. The van der Waals surface area contributed by atoms with Crippen molar-refractivity contribution >= 4 is 0 Å². The minimum atomic E-state index is 0.782. The summed E-state index contributed by atoms with van der Waals surface area (Å²) in [6.45, 7) is 7.89. The number of piperidine rings is 1. The molecule has 19 heavy (non-hydrogen) atoms. The van der Waals surface area contributed by atoms with E-state index in [1.165, 1.54) is 12.8 Å². The van der Waals surface area contributed by atoms with Gasteiger partial charge >= 0.3 is 0 Å². The summed E-state index contributed by atoms with van der Waals surface area (Å²) in [5.41, 5.74) is 1.88. The largest absolute Gasteiger partial charge is 0.383 e. The van der Waals surface area contributed by atoms with E-state index in [2.05, 4.69) is 20.5 Å². The van der Waals surface area contributed by atoms with Crippen molar-refractivity contribution in [2.24, 2.45) is 5.92 Å². The number of nitrogens with zero attached hydrogens (tertiary/aromatic N) is 3. The van der Waals surface area contributed by atoms with E-state index >= 15 is 0 Å². The topological polar surface area (TPSA) is 63.4 Å². The first kappa shape index (κ1) is 14.4. The van der Waals surface area contributed by atoms with Crippen molar-refractivity contribution in [2.45, 2.75) is 26.3 Å². The molecule has 0 bridgehead atoms. The Balaban J connectivity index is 1.64. The monoisotopic (exact) mass is 268 g/mol. The first-order valence-electron chi connectivity index (χ1n) is 6.99. The summed E-state index contributed by atoms with van der Waals surface area (Å²) in [5.74, 6) is 0.782. The SMILES string of the molecule is COCCNCC1CCN(Cc2nonc2C)CC1. The number of aromatic nitrogens is 2. The van der Waals surface area contributed by atoms with Gasteiger partial charge < -0.3 is 10.1 Å². The molecule has 0 radical (unpaired) electrons. The Bertz CT molecular complexity index is 361. The van der Waals surface area contributed by atoms with Crippen LogP contribution in [0.5, 0.6) is 0 Å². The molecule has 0 amide bonds. The van der Waals surface area contributed by atoms with Crippen LogP contribution < -0.4 is 5.32 Å². The number of methoxy groups -OCH3 is 1.